The van der Waals surface area contributed by atoms with E-state index in [0.717, 1.165) is 0 Å². The smallest absolute Gasteiger partial charge is 0.323 e. The zero-order chi connectivity index (χ0) is 9.59. The highest BCUT2D eigenvalue weighted by Crippen LogP contribution is 2.35. The third-order valence-electron chi connectivity index (χ3n) is 2.23. The summed E-state index contributed by atoms with van der Waals surface area (Å²) in [5.74, 6) is -0.399. The molecule has 6 heteroatoms. The van der Waals surface area contributed by atoms with Gasteiger partial charge in [-0.2, -0.15) is 0 Å². The molecule has 2 saturated heterocycles. The Morgan fingerprint density at radius 3 is 2.77 bits per heavy atom. The Hall–Kier alpha value is -0.170. The number of esters is 1. The predicted octanol–water partition coefficient (Wildman–Crippen LogP) is -0.593. The van der Waals surface area contributed by atoms with Gasteiger partial charge in [0.1, 0.15) is 17.0 Å². The second kappa shape index (κ2) is 3.20. The lowest BCUT2D eigenvalue weighted by Gasteiger charge is -2.14. The van der Waals surface area contributed by atoms with Crippen LogP contribution in [-0.4, -0.2) is 47.6 Å². The molecule has 0 aromatic rings. The molecule has 0 aromatic heterocycles. The van der Waals surface area contributed by atoms with Crippen LogP contribution in [0.2, 0.25) is 0 Å². The van der Waals surface area contributed by atoms with Gasteiger partial charge in [0.2, 0.25) is 0 Å². The van der Waals surface area contributed by atoms with Gasteiger partial charge in [-0.1, -0.05) is 15.9 Å². The molecule has 5 unspecified atom stereocenters. The molecule has 1 N–H and O–H groups in total. The number of ether oxygens (including phenoxy) is 3. The molecule has 0 aliphatic carbocycles. The summed E-state index contributed by atoms with van der Waals surface area (Å²) in [4.78, 5) is 10.5. The summed E-state index contributed by atoms with van der Waals surface area (Å²) < 4.78 is 15.0. The lowest BCUT2D eigenvalue weighted by molar-refractivity contribution is -0.163. The number of alkyl halides is 1. The molecule has 0 aromatic carbocycles. The standard InChI is InChI=1S/C7H9BrO5/c1-11-7-3(9)5-4(13-7)2(8)6(10)12-5/h2-5,7,9H,1H3. The van der Waals surface area contributed by atoms with Crippen LogP contribution in [0.5, 0.6) is 0 Å². The predicted molar refractivity (Wildman–Crippen MR) is 44.3 cm³/mol. The number of hydrogen-bond donors (Lipinski definition) is 1. The van der Waals surface area contributed by atoms with E-state index in [1.54, 1.807) is 0 Å². The van der Waals surface area contributed by atoms with Gasteiger partial charge in [-0.15, -0.1) is 0 Å². The summed E-state index contributed by atoms with van der Waals surface area (Å²) >= 11 is 3.13. The van der Waals surface area contributed by atoms with Crippen LogP contribution in [0.15, 0.2) is 0 Å². The van der Waals surface area contributed by atoms with Gasteiger partial charge in [0.05, 0.1) is 0 Å². The Morgan fingerprint density at radius 1 is 1.54 bits per heavy atom. The van der Waals surface area contributed by atoms with Gasteiger partial charge in [0.25, 0.3) is 0 Å². The molecular weight excluding hydrogens is 244 g/mol. The topological polar surface area (TPSA) is 65.0 Å². The molecule has 0 saturated carbocycles. The molecule has 13 heavy (non-hydrogen) atoms. The molecule has 2 fully saturated rings. The van der Waals surface area contributed by atoms with Crippen LogP contribution in [-0.2, 0) is 19.0 Å². The van der Waals surface area contributed by atoms with Gasteiger partial charge in [0.15, 0.2) is 12.4 Å². The molecular formula is C7H9BrO5. The minimum Gasteiger partial charge on any atom is -0.456 e. The summed E-state index contributed by atoms with van der Waals surface area (Å²) in [6.45, 7) is 0. The number of aliphatic hydroxyl groups excluding tert-OH is 1. The van der Waals surface area contributed by atoms with Crippen LogP contribution < -0.4 is 0 Å². The largest absolute Gasteiger partial charge is 0.456 e. The van der Waals surface area contributed by atoms with E-state index >= 15 is 0 Å². The van der Waals surface area contributed by atoms with Crippen molar-refractivity contribution in [2.24, 2.45) is 0 Å². The number of aliphatic hydroxyl groups is 1. The Bertz CT molecular complexity index is 233. The highest BCUT2D eigenvalue weighted by atomic mass is 79.9. The van der Waals surface area contributed by atoms with Gasteiger partial charge in [-0.3, -0.25) is 4.79 Å². The van der Waals surface area contributed by atoms with E-state index in [0.29, 0.717) is 0 Å². The Morgan fingerprint density at radius 2 is 2.23 bits per heavy atom. The molecule has 2 rings (SSSR count). The molecule has 2 heterocycles. The van der Waals surface area contributed by atoms with E-state index in [1.807, 2.05) is 0 Å². The highest BCUT2D eigenvalue weighted by Gasteiger charge is 2.56. The molecule has 74 valence electrons. The van der Waals surface area contributed by atoms with Crippen molar-refractivity contribution in [2.45, 2.75) is 29.4 Å². The second-order valence-corrected chi connectivity index (χ2v) is 3.99. The first kappa shape index (κ1) is 9.39. The average Bonchev–Trinajstić information content (AvgIpc) is 2.56. The Labute approximate surface area is 83.1 Å². The summed E-state index contributed by atoms with van der Waals surface area (Å²) in [5.41, 5.74) is 0. The van der Waals surface area contributed by atoms with E-state index in [2.05, 4.69) is 15.9 Å². The average molecular weight is 253 g/mol. The number of carbonyl (C=O) groups excluding carboxylic acids is 1. The molecule has 2 aliphatic rings. The first-order chi connectivity index (χ1) is 6.15. The number of hydrogen-bond acceptors (Lipinski definition) is 5. The van der Waals surface area contributed by atoms with Gasteiger partial charge in [-0.25, -0.2) is 0 Å². The summed E-state index contributed by atoms with van der Waals surface area (Å²) in [6, 6.07) is 0. The number of halogens is 1. The fourth-order valence-corrected chi connectivity index (χ4v) is 2.10. The van der Waals surface area contributed by atoms with Crippen LogP contribution in [0.1, 0.15) is 0 Å². The van der Waals surface area contributed by atoms with Crippen molar-refractivity contribution in [2.75, 3.05) is 7.11 Å². The summed E-state index contributed by atoms with van der Waals surface area (Å²) in [7, 11) is 1.43. The van der Waals surface area contributed by atoms with Gasteiger partial charge in [0, 0.05) is 7.11 Å². The zero-order valence-corrected chi connectivity index (χ0v) is 8.43. The van der Waals surface area contributed by atoms with E-state index < -0.39 is 35.4 Å². The lowest BCUT2D eigenvalue weighted by Crippen LogP contribution is -2.32. The number of rotatable bonds is 1. The Kier molecular flexibility index (Phi) is 2.31. The quantitative estimate of drug-likeness (QED) is 0.499. The van der Waals surface area contributed by atoms with Crippen molar-refractivity contribution in [1.82, 2.24) is 0 Å². The first-order valence-electron chi connectivity index (χ1n) is 3.86. The molecule has 0 bridgehead atoms. The van der Waals surface area contributed by atoms with Crippen molar-refractivity contribution >= 4 is 21.9 Å². The normalized spacial score (nSPS) is 49.2. The SMILES string of the molecule is COC1OC2C(Br)C(=O)OC2C1O. The van der Waals surface area contributed by atoms with Crippen LogP contribution in [0.25, 0.3) is 0 Å². The molecule has 0 spiro atoms. The van der Waals surface area contributed by atoms with Gasteiger partial charge < -0.3 is 19.3 Å². The van der Waals surface area contributed by atoms with Crippen molar-refractivity contribution in [3.63, 3.8) is 0 Å². The first-order valence-corrected chi connectivity index (χ1v) is 4.77. The maximum absolute atomic E-state index is 11.0. The van der Waals surface area contributed by atoms with Crippen molar-refractivity contribution < 1.29 is 24.1 Å². The van der Waals surface area contributed by atoms with E-state index in [1.165, 1.54) is 7.11 Å². The van der Waals surface area contributed by atoms with E-state index in [4.69, 9.17) is 14.2 Å². The van der Waals surface area contributed by atoms with Crippen LogP contribution in [0.4, 0.5) is 0 Å². The maximum atomic E-state index is 11.0. The minimum atomic E-state index is -0.901. The number of carbonyl (C=O) groups is 1. The monoisotopic (exact) mass is 252 g/mol. The van der Waals surface area contributed by atoms with Crippen LogP contribution in [0, 0.1) is 0 Å². The van der Waals surface area contributed by atoms with Crippen molar-refractivity contribution in [1.29, 1.82) is 0 Å². The summed E-state index contributed by atoms with van der Waals surface area (Å²) in [6.07, 6.45) is -2.67. The molecule has 5 atom stereocenters. The highest BCUT2D eigenvalue weighted by molar-refractivity contribution is 9.10. The Balaban J connectivity index is 2.14. The van der Waals surface area contributed by atoms with Gasteiger partial charge >= 0.3 is 5.97 Å². The number of fused-ring (bicyclic) bond motifs is 1. The number of methoxy groups -OCH3 is 1. The van der Waals surface area contributed by atoms with Gasteiger partial charge in [-0.05, 0) is 0 Å². The van der Waals surface area contributed by atoms with Crippen LogP contribution in [0.3, 0.4) is 0 Å². The molecule has 0 radical (unpaired) electrons. The summed E-state index contributed by atoms with van der Waals surface area (Å²) in [5, 5.41) is 9.55. The lowest BCUT2D eigenvalue weighted by atomic mass is 10.1. The van der Waals surface area contributed by atoms with Crippen molar-refractivity contribution in [3.8, 4) is 0 Å². The molecule has 0 amide bonds. The molecule has 5 nitrogen and oxygen atoms in total. The van der Waals surface area contributed by atoms with Crippen molar-refractivity contribution in [3.05, 3.63) is 0 Å². The van der Waals surface area contributed by atoms with E-state index in [-0.39, 0.29) is 0 Å². The third-order valence-corrected chi connectivity index (χ3v) is 3.12. The maximum Gasteiger partial charge on any atom is 0.323 e. The second-order valence-electron chi connectivity index (χ2n) is 3.00. The fourth-order valence-electron chi connectivity index (χ4n) is 1.56. The third kappa shape index (κ3) is 1.28. The fraction of sp³-hybridized carbons (Fsp3) is 0.857. The van der Waals surface area contributed by atoms with Crippen LogP contribution >= 0.6 is 15.9 Å². The minimum absolute atomic E-state index is 0.399. The van der Waals surface area contributed by atoms with E-state index in [9.17, 15) is 9.90 Å². The molecule has 2 aliphatic heterocycles. The zero-order valence-electron chi connectivity index (χ0n) is 6.84.